The molecule has 6 rings (SSSR count). The first-order chi connectivity index (χ1) is 25.3. The fraction of sp³-hybridized carbons (Fsp3) is 0.116. The predicted molar refractivity (Wildman–Crippen MR) is 213 cm³/mol. The summed E-state index contributed by atoms with van der Waals surface area (Å²) in [5.41, 5.74) is 5.94. The van der Waals surface area contributed by atoms with E-state index < -0.39 is 11.8 Å². The van der Waals surface area contributed by atoms with Crippen LogP contribution in [-0.4, -0.2) is 38.1 Å². The number of hydrogen-bond acceptors (Lipinski definition) is 4. The highest BCUT2D eigenvalue weighted by Gasteiger charge is 2.35. The van der Waals surface area contributed by atoms with E-state index in [4.69, 9.17) is 11.6 Å². The molecule has 1 aromatic heterocycles. The molecule has 1 aliphatic rings. The van der Waals surface area contributed by atoms with Crippen molar-refractivity contribution in [3.8, 4) is 0 Å². The molecule has 0 spiro atoms. The van der Waals surface area contributed by atoms with Crippen LogP contribution in [0.1, 0.15) is 40.9 Å². The molecular formula is C43H37ClN4O3S. The molecule has 0 saturated heterocycles. The van der Waals surface area contributed by atoms with Crippen molar-refractivity contribution < 1.29 is 14.4 Å². The van der Waals surface area contributed by atoms with Gasteiger partial charge in [0.25, 0.3) is 11.8 Å². The van der Waals surface area contributed by atoms with Gasteiger partial charge in [0.1, 0.15) is 5.57 Å². The summed E-state index contributed by atoms with van der Waals surface area (Å²) < 4.78 is 2.16. The number of carbonyl (C=O) groups is 3. The van der Waals surface area contributed by atoms with E-state index in [1.807, 2.05) is 116 Å². The molecule has 0 saturated carbocycles. The molecule has 9 heteroatoms. The molecule has 260 valence electrons. The van der Waals surface area contributed by atoms with Crippen LogP contribution in [0.4, 0.5) is 0 Å². The average Bonchev–Trinajstić information content (AvgIpc) is 3.43. The van der Waals surface area contributed by atoms with E-state index in [-0.39, 0.29) is 28.4 Å². The first kappa shape index (κ1) is 36.1. The number of hydrogen-bond donors (Lipinski definition) is 1. The fourth-order valence-electron chi connectivity index (χ4n) is 6.15. The van der Waals surface area contributed by atoms with Crippen molar-refractivity contribution in [3.63, 3.8) is 0 Å². The SMILES string of the molecule is C=C/C=C\C(=C/C)N1C(=O)/C(=C/c2c(C)n(Cc3ccc(Cl)cc3)c3ccccc23)C(=O)N=C1SCC(=O)NC(c1ccccc1)c1ccccc1. The summed E-state index contributed by atoms with van der Waals surface area (Å²) in [5, 5.41) is 4.80. The Hall–Kier alpha value is -5.70. The highest BCUT2D eigenvalue weighted by atomic mass is 35.5. The van der Waals surface area contributed by atoms with Crippen LogP contribution < -0.4 is 5.32 Å². The van der Waals surface area contributed by atoms with E-state index in [1.165, 1.54) is 4.90 Å². The van der Waals surface area contributed by atoms with Gasteiger partial charge in [-0.25, -0.2) is 0 Å². The van der Waals surface area contributed by atoms with Gasteiger partial charge in [0.2, 0.25) is 5.91 Å². The van der Waals surface area contributed by atoms with Gasteiger partial charge in [-0.05, 0) is 60.9 Å². The Bertz CT molecular complexity index is 2220. The molecule has 3 amide bonds. The van der Waals surface area contributed by atoms with E-state index in [1.54, 1.807) is 37.3 Å². The van der Waals surface area contributed by atoms with E-state index in [0.717, 1.165) is 50.6 Å². The molecule has 0 unspecified atom stereocenters. The molecule has 1 N–H and O–H groups in total. The normalized spacial score (nSPS) is 14.5. The second kappa shape index (κ2) is 16.5. The van der Waals surface area contributed by atoms with Crippen LogP contribution >= 0.6 is 23.4 Å². The first-order valence-electron chi connectivity index (χ1n) is 16.8. The number of halogens is 1. The lowest BCUT2D eigenvalue weighted by atomic mass is 9.99. The molecule has 52 heavy (non-hydrogen) atoms. The Morgan fingerprint density at radius 1 is 0.923 bits per heavy atom. The second-order valence-corrected chi connectivity index (χ2v) is 13.4. The Morgan fingerprint density at radius 2 is 1.56 bits per heavy atom. The van der Waals surface area contributed by atoms with Gasteiger partial charge in [-0.15, -0.1) is 0 Å². The van der Waals surface area contributed by atoms with Crippen molar-refractivity contribution >= 4 is 63.2 Å². The number of carbonyl (C=O) groups excluding carboxylic acids is 3. The third kappa shape index (κ3) is 7.94. The Morgan fingerprint density at radius 3 is 2.19 bits per heavy atom. The third-order valence-electron chi connectivity index (χ3n) is 8.74. The molecule has 5 aromatic rings. The summed E-state index contributed by atoms with van der Waals surface area (Å²) in [4.78, 5) is 47.5. The van der Waals surface area contributed by atoms with Gasteiger partial charge in [0.05, 0.1) is 11.8 Å². The molecule has 1 aliphatic heterocycles. The van der Waals surface area contributed by atoms with Crippen LogP contribution in [0.3, 0.4) is 0 Å². The molecular weight excluding hydrogens is 688 g/mol. The number of nitrogens with zero attached hydrogens (tertiary/aromatic N) is 3. The number of thioether (sulfide) groups is 1. The maximum atomic E-state index is 14.4. The molecule has 4 aromatic carbocycles. The standard InChI is InChI=1S/C43H37ClN4O3S/c1-4-6-19-34(5-2)48-42(51)37(26-36-29(3)47(38-21-14-13-20-35(36)38)27-30-22-24-33(44)25-23-30)41(50)46-43(48)52-28-39(49)45-40(31-15-9-7-10-16-31)32-17-11-8-12-18-32/h4-26,40H,1,27-28H2,2-3H3,(H,45,49)/b19-6-,34-5+,37-26+. The minimum absolute atomic E-state index is 0.0779. The number of allylic oxidation sites excluding steroid dienone is 4. The van der Waals surface area contributed by atoms with Crippen molar-refractivity contribution in [2.75, 3.05) is 5.75 Å². The van der Waals surface area contributed by atoms with Gasteiger partial charge in [-0.2, -0.15) is 4.99 Å². The van der Waals surface area contributed by atoms with Crippen LogP contribution in [0.25, 0.3) is 17.0 Å². The minimum atomic E-state index is -0.673. The molecule has 0 radical (unpaired) electrons. The second-order valence-electron chi connectivity index (χ2n) is 12.0. The first-order valence-corrected chi connectivity index (χ1v) is 18.1. The topological polar surface area (TPSA) is 83.8 Å². The molecule has 0 bridgehead atoms. The summed E-state index contributed by atoms with van der Waals surface area (Å²) in [6, 6.07) is 34.6. The lowest BCUT2D eigenvalue weighted by molar-refractivity contribution is -0.126. The number of para-hydroxylation sites is 1. The van der Waals surface area contributed by atoms with Crippen LogP contribution in [0.2, 0.25) is 5.02 Å². The predicted octanol–water partition coefficient (Wildman–Crippen LogP) is 9.04. The Kier molecular flexibility index (Phi) is 11.5. The summed E-state index contributed by atoms with van der Waals surface area (Å²) in [5.74, 6) is -1.57. The van der Waals surface area contributed by atoms with Gasteiger partial charge in [0.15, 0.2) is 5.17 Å². The van der Waals surface area contributed by atoms with E-state index >= 15 is 0 Å². The highest BCUT2D eigenvalue weighted by Crippen LogP contribution is 2.32. The van der Waals surface area contributed by atoms with Crippen molar-refractivity contribution in [2.24, 2.45) is 4.99 Å². The van der Waals surface area contributed by atoms with E-state index in [2.05, 4.69) is 21.5 Å². The van der Waals surface area contributed by atoms with Crippen LogP contribution in [0, 0.1) is 6.92 Å². The summed E-state index contributed by atoms with van der Waals surface area (Å²) in [6.45, 7) is 8.11. The van der Waals surface area contributed by atoms with Crippen molar-refractivity contribution in [3.05, 3.63) is 184 Å². The summed E-state index contributed by atoms with van der Waals surface area (Å²) in [7, 11) is 0. The molecule has 2 heterocycles. The number of amides is 3. The van der Waals surface area contributed by atoms with Crippen molar-refractivity contribution in [1.82, 2.24) is 14.8 Å². The highest BCUT2D eigenvalue weighted by molar-refractivity contribution is 8.14. The van der Waals surface area contributed by atoms with Gasteiger partial charge < -0.3 is 9.88 Å². The number of aliphatic imine (C=N–C) groups is 1. The van der Waals surface area contributed by atoms with E-state index in [9.17, 15) is 14.4 Å². The van der Waals surface area contributed by atoms with Gasteiger partial charge in [0, 0.05) is 39.4 Å². The van der Waals surface area contributed by atoms with Gasteiger partial charge in [-0.3, -0.25) is 19.3 Å². The number of aromatic nitrogens is 1. The van der Waals surface area contributed by atoms with E-state index in [0.29, 0.717) is 17.3 Å². The molecule has 0 atom stereocenters. The van der Waals surface area contributed by atoms with Gasteiger partial charge >= 0.3 is 0 Å². The fourth-order valence-corrected chi connectivity index (χ4v) is 7.09. The monoisotopic (exact) mass is 724 g/mol. The third-order valence-corrected chi connectivity index (χ3v) is 9.93. The Balaban J connectivity index is 1.33. The van der Waals surface area contributed by atoms with Crippen LogP contribution in [-0.2, 0) is 20.9 Å². The average molecular weight is 725 g/mol. The summed E-state index contributed by atoms with van der Waals surface area (Å²) >= 11 is 7.17. The Labute approximate surface area is 312 Å². The zero-order valence-electron chi connectivity index (χ0n) is 28.8. The lowest BCUT2D eigenvalue weighted by Gasteiger charge is -2.28. The summed E-state index contributed by atoms with van der Waals surface area (Å²) in [6.07, 6.45) is 8.42. The lowest BCUT2D eigenvalue weighted by Crippen LogP contribution is -2.42. The van der Waals surface area contributed by atoms with Crippen molar-refractivity contribution in [2.45, 2.75) is 26.4 Å². The van der Waals surface area contributed by atoms with Gasteiger partial charge in [-0.1, -0.05) is 139 Å². The number of amidine groups is 1. The molecule has 7 nitrogen and oxygen atoms in total. The van der Waals surface area contributed by atoms with Crippen molar-refractivity contribution in [1.29, 1.82) is 0 Å². The maximum Gasteiger partial charge on any atom is 0.285 e. The number of rotatable bonds is 11. The number of fused-ring (bicyclic) bond motifs is 1. The zero-order chi connectivity index (χ0) is 36.6. The zero-order valence-corrected chi connectivity index (χ0v) is 30.4. The maximum absolute atomic E-state index is 14.4. The quantitative estimate of drug-likeness (QED) is 0.0837. The minimum Gasteiger partial charge on any atom is -0.344 e. The number of benzene rings is 4. The van der Waals surface area contributed by atoms with Crippen LogP contribution in [0.15, 0.2) is 156 Å². The van der Waals surface area contributed by atoms with Crippen LogP contribution in [0.5, 0.6) is 0 Å². The largest absolute Gasteiger partial charge is 0.344 e. The smallest absolute Gasteiger partial charge is 0.285 e. The molecule has 0 fully saturated rings. The number of nitrogens with one attached hydrogen (secondary N) is 1. The molecule has 0 aliphatic carbocycles.